The van der Waals surface area contributed by atoms with Crippen LogP contribution in [0.5, 0.6) is 17.2 Å². The maximum atomic E-state index is 13.9. The maximum absolute atomic E-state index is 13.9. The molecule has 5 aromatic carbocycles. The van der Waals surface area contributed by atoms with Crippen molar-refractivity contribution in [1.82, 2.24) is 5.32 Å². The number of aryl methyl sites for hydroxylation is 2. The van der Waals surface area contributed by atoms with E-state index in [1.165, 1.54) is 39.2 Å². The molecular weight excluding hydrogens is 663 g/mol. The Kier molecular flexibility index (Phi) is 12.2. The Morgan fingerprint density at radius 2 is 1.27 bits per heavy atom. The highest BCUT2D eigenvalue weighted by atomic mass is 32.2. The predicted octanol–water partition coefficient (Wildman–Crippen LogP) is 8.21. The number of amides is 3. The summed E-state index contributed by atoms with van der Waals surface area (Å²) >= 11 is 1.36. The van der Waals surface area contributed by atoms with Crippen molar-refractivity contribution < 1.29 is 28.6 Å². The molecule has 0 aromatic heterocycles. The van der Waals surface area contributed by atoms with Crippen molar-refractivity contribution >= 4 is 46.9 Å². The number of hydrogen-bond acceptors (Lipinski definition) is 7. The van der Waals surface area contributed by atoms with Crippen LogP contribution in [0.15, 0.2) is 126 Å². The van der Waals surface area contributed by atoms with E-state index in [0.29, 0.717) is 34.1 Å². The minimum Gasteiger partial charge on any atom is -0.496 e. The predicted molar refractivity (Wildman–Crippen MR) is 203 cm³/mol. The van der Waals surface area contributed by atoms with Gasteiger partial charge in [0.05, 0.1) is 21.3 Å². The van der Waals surface area contributed by atoms with E-state index in [1.54, 1.807) is 60.7 Å². The van der Waals surface area contributed by atoms with Gasteiger partial charge in [0, 0.05) is 33.5 Å². The molecule has 3 amide bonds. The zero-order valence-electron chi connectivity index (χ0n) is 29.0. The van der Waals surface area contributed by atoms with Crippen LogP contribution in [0.25, 0.3) is 6.08 Å². The topological polar surface area (TPSA) is 115 Å². The maximum Gasteiger partial charge on any atom is 0.272 e. The molecule has 51 heavy (non-hydrogen) atoms. The molecule has 1 atom stereocenters. The molecular formula is C41H39N3O6S. The first-order chi connectivity index (χ1) is 24.7. The first-order valence-electron chi connectivity index (χ1n) is 16.1. The summed E-state index contributed by atoms with van der Waals surface area (Å²) in [4.78, 5) is 41.7. The minimum atomic E-state index is -0.587. The van der Waals surface area contributed by atoms with Gasteiger partial charge in [0.15, 0.2) is 11.5 Å². The van der Waals surface area contributed by atoms with Crippen molar-refractivity contribution in [1.29, 1.82) is 0 Å². The average Bonchev–Trinajstić information content (AvgIpc) is 3.13. The molecule has 5 rings (SSSR count). The number of rotatable bonds is 13. The lowest BCUT2D eigenvalue weighted by Gasteiger charge is -2.18. The molecule has 3 N–H and O–H groups in total. The lowest BCUT2D eigenvalue weighted by Crippen LogP contribution is -2.30. The second-order valence-electron chi connectivity index (χ2n) is 11.6. The molecule has 9 nitrogen and oxygen atoms in total. The number of carbonyl (C=O) groups excluding carboxylic acids is 3. The molecule has 0 radical (unpaired) electrons. The number of ether oxygens (including phenoxy) is 3. The standard InChI is InChI=1S/C41H39N3O6S/c1-26-19-27(2)21-32(20-26)43-41(47)38(28-13-8-6-9-14-28)51-33-18-12-17-31(24-33)42-40(46)34(44-39(45)29-15-10-7-11-16-29)22-30-23-36(49-4)37(50-5)25-35(30)48-3/h6-25,38H,1-5H3,(H,42,46)(H,43,47)(H,44,45)/b34-22+. The molecule has 260 valence electrons. The largest absolute Gasteiger partial charge is 0.496 e. The Labute approximate surface area is 302 Å². The molecule has 10 heteroatoms. The van der Waals surface area contributed by atoms with Gasteiger partial charge in [-0.3, -0.25) is 14.4 Å². The van der Waals surface area contributed by atoms with E-state index >= 15 is 0 Å². The number of methoxy groups -OCH3 is 3. The zero-order chi connectivity index (χ0) is 36.3. The number of benzene rings is 5. The van der Waals surface area contributed by atoms with Gasteiger partial charge >= 0.3 is 0 Å². The fourth-order valence-corrected chi connectivity index (χ4v) is 6.48. The molecule has 0 saturated carbocycles. The molecule has 0 fully saturated rings. The van der Waals surface area contributed by atoms with E-state index in [4.69, 9.17) is 14.2 Å². The molecule has 0 aliphatic carbocycles. The molecule has 0 spiro atoms. The number of nitrogens with one attached hydrogen (secondary N) is 3. The van der Waals surface area contributed by atoms with Crippen molar-refractivity contribution in [3.05, 3.63) is 149 Å². The second kappa shape index (κ2) is 17.1. The fourth-order valence-electron chi connectivity index (χ4n) is 5.40. The van der Waals surface area contributed by atoms with E-state index in [9.17, 15) is 14.4 Å². The highest BCUT2D eigenvalue weighted by molar-refractivity contribution is 8.00. The normalized spacial score (nSPS) is 11.6. The van der Waals surface area contributed by atoms with Crippen molar-refractivity contribution in [2.24, 2.45) is 0 Å². The second-order valence-corrected chi connectivity index (χ2v) is 12.8. The van der Waals surface area contributed by atoms with Crippen molar-refractivity contribution in [3.63, 3.8) is 0 Å². The van der Waals surface area contributed by atoms with Crippen LogP contribution in [0.1, 0.15) is 37.9 Å². The fraction of sp³-hybridized carbons (Fsp3) is 0.146. The van der Waals surface area contributed by atoms with Crippen LogP contribution in [-0.2, 0) is 9.59 Å². The van der Waals surface area contributed by atoms with Gasteiger partial charge in [-0.2, -0.15) is 0 Å². The minimum absolute atomic E-state index is 0.0394. The van der Waals surface area contributed by atoms with E-state index in [2.05, 4.69) is 22.0 Å². The first kappa shape index (κ1) is 36.3. The van der Waals surface area contributed by atoms with Gasteiger partial charge in [0.2, 0.25) is 5.91 Å². The van der Waals surface area contributed by atoms with Gasteiger partial charge in [0.25, 0.3) is 11.8 Å². The Hall–Kier alpha value is -6.00. The highest BCUT2D eigenvalue weighted by Gasteiger charge is 2.23. The molecule has 1 unspecified atom stereocenters. The first-order valence-corrected chi connectivity index (χ1v) is 17.0. The summed E-state index contributed by atoms with van der Waals surface area (Å²) in [6.45, 7) is 3.98. The highest BCUT2D eigenvalue weighted by Crippen LogP contribution is 2.38. The van der Waals surface area contributed by atoms with Crippen LogP contribution in [0, 0.1) is 13.8 Å². The van der Waals surface area contributed by atoms with Crippen LogP contribution in [0.3, 0.4) is 0 Å². The van der Waals surface area contributed by atoms with E-state index in [-0.39, 0.29) is 11.6 Å². The molecule has 0 bridgehead atoms. The van der Waals surface area contributed by atoms with Crippen LogP contribution < -0.4 is 30.2 Å². The SMILES string of the molecule is COc1cc(OC)c(OC)cc1/C=C(/NC(=O)c1ccccc1)C(=O)Nc1cccc(SC(C(=O)Nc2cc(C)cc(C)c2)c2ccccc2)c1. The smallest absolute Gasteiger partial charge is 0.272 e. The Bertz CT molecular complexity index is 2030. The quantitative estimate of drug-likeness (QED) is 0.0838. The number of thioether (sulfide) groups is 1. The van der Waals surface area contributed by atoms with E-state index < -0.39 is 17.1 Å². The molecule has 0 heterocycles. The van der Waals surface area contributed by atoms with Gasteiger partial charge in [-0.25, -0.2) is 0 Å². The van der Waals surface area contributed by atoms with Gasteiger partial charge < -0.3 is 30.2 Å². The number of carbonyl (C=O) groups is 3. The Morgan fingerprint density at radius 1 is 0.647 bits per heavy atom. The number of anilines is 2. The summed E-state index contributed by atoms with van der Waals surface area (Å²) in [5.74, 6) is 0.0287. The van der Waals surface area contributed by atoms with Crippen molar-refractivity contribution in [2.45, 2.75) is 24.0 Å². The summed E-state index contributed by atoms with van der Waals surface area (Å²) in [7, 11) is 4.51. The van der Waals surface area contributed by atoms with Crippen molar-refractivity contribution in [3.8, 4) is 17.2 Å². The average molecular weight is 702 g/mol. The molecule has 0 saturated heterocycles. The third-order valence-corrected chi connectivity index (χ3v) is 8.99. The lowest BCUT2D eigenvalue weighted by atomic mass is 10.1. The van der Waals surface area contributed by atoms with Crippen LogP contribution >= 0.6 is 11.8 Å². The van der Waals surface area contributed by atoms with Gasteiger partial charge in [-0.1, -0.05) is 60.7 Å². The van der Waals surface area contributed by atoms with Gasteiger partial charge in [-0.05, 0) is 85.1 Å². The van der Waals surface area contributed by atoms with Crippen LogP contribution in [0.4, 0.5) is 11.4 Å². The third kappa shape index (κ3) is 9.58. The monoisotopic (exact) mass is 701 g/mol. The molecule has 0 aliphatic heterocycles. The summed E-state index contributed by atoms with van der Waals surface area (Å²) in [5.41, 5.74) is 4.93. The lowest BCUT2D eigenvalue weighted by molar-refractivity contribution is -0.116. The van der Waals surface area contributed by atoms with Gasteiger partial charge in [0.1, 0.15) is 16.7 Å². The molecule has 5 aromatic rings. The Balaban J connectivity index is 1.44. The van der Waals surface area contributed by atoms with Crippen molar-refractivity contribution in [2.75, 3.05) is 32.0 Å². The summed E-state index contributed by atoms with van der Waals surface area (Å²) in [5, 5.41) is 8.16. The molecule has 0 aliphatic rings. The van der Waals surface area contributed by atoms with Gasteiger partial charge in [-0.15, -0.1) is 11.8 Å². The summed E-state index contributed by atoms with van der Waals surface area (Å²) < 4.78 is 16.5. The summed E-state index contributed by atoms with van der Waals surface area (Å²) in [6.07, 6.45) is 1.51. The Morgan fingerprint density at radius 3 is 1.92 bits per heavy atom. The zero-order valence-corrected chi connectivity index (χ0v) is 29.8. The van der Waals surface area contributed by atoms with E-state index in [0.717, 1.165) is 27.3 Å². The van der Waals surface area contributed by atoms with Crippen LogP contribution in [-0.4, -0.2) is 39.1 Å². The number of hydrogen-bond donors (Lipinski definition) is 3. The van der Waals surface area contributed by atoms with Crippen LogP contribution in [0.2, 0.25) is 0 Å². The third-order valence-electron chi connectivity index (χ3n) is 7.74. The summed E-state index contributed by atoms with van der Waals surface area (Å²) in [6, 6.07) is 34.5. The van der Waals surface area contributed by atoms with E-state index in [1.807, 2.05) is 62.4 Å².